The van der Waals surface area contributed by atoms with E-state index in [1.807, 2.05) is 80.1 Å². The Balaban J connectivity index is 1.39. The van der Waals surface area contributed by atoms with Gasteiger partial charge in [-0.05, 0) is 85.2 Å². The molecule has 0 aliphatic carbocycles. The summed E-state index contributed by atoms with van der Waals surface area (Å²) >= 11 is 6.84. The van der Waals surface area contributed by atoms with Gasteiger partial charge in [-0.25, -0.2) is 0 Å². The van der Waals surface area contributed by atoms with Gasteiger partial charge in [0, 0.05) is 11.4 Å². The summed E-state index contributed by atoms with van der Waals surface area (Å²) in [6.45, 7) is 6.78. The van der Waals surface area contributed by atoms with E-state index in [1.165, 1.54) is 22.5 Å². The van der Waals surface area contributed by atoms with Crippen molar-refractivity contribution < 1.29 is 14.3 Å². The normalized spacial score (nSPS) is 14.8. The maximum Gasteiger partial charge on any atom is 0.285 e. The minimum Gasteiger partial charge on any atom is -0.490 e. The van der Waals surface area contributed by atoms with Gasteiger partial charge in [-0.3, -0.25) is 9.47 Å². The van der Waals surface area contributed by atoms with Gasteiger partial charge in [0.25, 0.3) is 5.91 Å². The van der Waals surface area contributed by atoms with Gasteiger partial charge in [-0.15, -0.1) is 0 Å². The molecule has 0 unspecified atom stereocenters. The summed E-state index contributed by atoms with van der Waals surface area (Å²) in [6.07, 6.45) is 1.85. The van der Waals surface area contributed by atoms with Crippen LogP contribution in [-0.2, 0) is 11.4 Å². The Morgan fingerprint density at radius 3 is 2.44 bits per heavy atom. The Hall–Kier alpha value is -3.55. The second-order valence-electron chi connectivity index (χ2n) is 8.49. The van der Waals surface area contributed by atoms with Crippen molar-refractivity contribution in [2.75, 3.05) is 11.6 Å². The molecule has 1 fully saturated rings. The highest BCUT2D eigenvalue weighted by Gasteiger charge is 2.34. The highest BCUT2D eigenvalue weighted by molar-refractivity contribution is 8.27. The molecule has 1 amide bonds. The third kappa shape index (κ3) is 4.64. The van der Waals surface area contributed by atoms with Crippen LogP contribution >= 0.6 is 24.0 Å². The molecule has 0 radical (unpaired) electrons. The minimum atomic E-state index is -0.137. The van der Waals surface area contributed by atoms with E-state index in [4.69, 9.17) is 21.7 Å². The number of hydrogen-bond acceptors (Lipinski definition) is 5. The number of ether oxygens (including phenoxy) is 2. The molecule has 1 aliphatic rings. The third-order valence-corrected chi connectivity index (χ3v) is 7.32. The number of thioether (sulfide) groups is 1. The molecule has 1 aromatic heterocycles. The number of aromatic nitrogens is 1. The van der Waals surface area contributed by atoms with E-state index in [1.54, 1.807) is 5.01 Å². The van der Waals surface area contributed by atoms with E-state index >= 15 is 0 Å². The van der Waals surface area contributed by atoms with E-state index < -0.39 is 0 Å². The summed E-state index contributed by atoms with van der Waals surface area (Å²) in [4.78, 5) is 13.8. The van der Waals surface area contributed by atoms with Crippen molar-refractivity contribution in [2.45, 2.75) is 27.4 Å². The van der Waals surface area contributed by atoms with Crippen LogP contribution in [0.3, 0.4) is 0 Å². The van der Waals surface area contributed by atoms with Crippen molar-refractivity contribution in [3.63, 3.8) is 0 Å². The Labute approximate surface area is 220 Å². The molecule has 0 atom stereocenters. The quantitative estimate of drug-likeness (QED) is 0.201. The first-order valence-electron chi connectivity index (χ1n) is 11.8. The van der Waals surface area contributed by atoms with Gasteiger partial charge in [0.2, 0.25) is 0 Å². The Kier molecular flexibility index (Phi) is 6.85. The van der Waals surface area contributed by atoms with Gasteiger partial charge in [-0.2, -0.15) is 5.01 Å². The third-order valence-electron chi connectivity index (χ3n) is 6.04. The first-order chi connectivity index (χ1) is 17.5. The van der Waals surface area contributed by atoms with Crippen LogP contribution in [0.4, 0.5) is 0 Å². The summed E-state index contributed by atoms with van der Waals surface area (Å²) in [5.74, 6) is 1.16. The predicted molar refractivity (Wildman–Crippen MR) is 151 cm³/mol. The van der Waals surface area contributed by atoms with Crippen molar-refractivity contribution in [1.82, 2.24) is 4.68 Å². The van der Waals surface area contributed by atoms with Crippen LogP contribution in [0.15, 0.2) is 77.7 Å². The van der Waals surface area contributed by atoms with Gasteiger partial charge in [0.05, 0.1) is 11.5 Å². The van der Waals surface area contributed by atoms with Crippen molar-refractivity contribution >= 4 is 51.1 Å². The molecule has 0 N–H and O–H groups in total. The smallest absolute Gasteiger partial charge is 0.285 e. The number of carbonyl (C=O) groups excluding carboxylic acids is 1. The minimum absolute atomic E-state index is 0.137. The number of hydrogen-bond donors (Lipinski definition) is 0. The van der Waals surface area contributed by atoms with Gasteiger partial charge in [0.15, 0.2) is 15.8 Å². The maximum absolute atomic E-state index is 13.2. The fourth-order valence-corrected chi connectivity index (χ4v) is 5.58. The zero-order valence-corrected chi connectivity index (χ0v) is 22.0. The molecule has 3 aromatic carbocycles. The van der Waals surface area contributed by atoms with Crippen molar-refractivity contribution in [3.05, 3.63) is 100 Å². The standard InChI is InChI=1S/C29H26N2O3S2/c1-4-33-26-16-21(17-27-28(32)31(29(35)36-27)30-19(2)12-13-20(30)3)14-15-25(26)34-18-23-10-7-9-22-8-5-6-11-24(22)23/h5-17H,4,18H2,1-3H3/b27-17+. The fourth-order valence-electron chi connectivity index (χ4n) is 4.34. The molecule has 1 aliphatic heterocycles. The number of benzene rings is 3. The van der Waals surface area contributed by atoms with Crippen molar-refractivity contribution in [2.24, 2.45) is 0 Å². The van der Waals surface area contributed by atoms with Crippen molar-refractivity contribution in [3.8, 4) is 11.5 Å². The average molecular weight is 515 g/mol. The number of thiocarbonyl (C=S) groups is 1. The van der Waals surface area contributed by atoms with Gasteiger partial charge >= 0.3 is 0 Å². The maximum atomic E-state index is 13.2. The fraction of sp³-hybridized carbons (Fsp3) is 0.172. The lowest BCUT2D eigenvalue weighted by Gasteiger charge is -2.20. The Morgan fingerprint density at radius 1 is 0.917 bits per heavy atom. The van der Waals surface area contributed by atoms with Crippen LogP contribution in [0.1, 0.15) is 29.4 Å². The predicted octanol–water partition coefficient (Wildman–Crippen LogP) is 6.77. The molecule has 2 heterocycles. The Bertz CT molecular complexity index is 1480. The number of nitrogens with zero attached hydrogens (tertiary/aromatic N) is 2. The second kappa shape index (κ2) is 10.2. The summed E-state index contributed by atoms with van der Waals surface area (Å²) in [5, 5.41) is 3.91. The summed E-state index contributed by atoms with van der Waals surface area (Å²) in [5.41, 5.74) is 3.86. The van der Waals surface area contributed by atoms with Gasteiger partial charge in [0.1, 0.15) is 6.61 Å². The van der Waals surface area contributed by atoms with E-state index in [0.717, 1.165) is 22.5 Å². The first kappa shape index (κ1) is 24.2. The Morgan fingerprint density at radius 2 is 1.67 bits per heavy atom. The molecule has 4 aromatic rings. The molecule has 0 bridgehead atoms. The average Bonchev–Trinajstić information content (AvgIpc) is 3.34. The lowest BCUT2D eigenvalue weighted by molar-refractivity contribution is -0.114. The van der Waals surface area contributed by atoms with Crippen LogP contribution in [0, 0.1) is 13.8 Å². The molecule has 5 nitrogen and oxygen atoms in total. The van der Waals surface area contributed by atoms with Crippen molar-refractivity contribution in [1.29, 1.82) is 0 Å². The molecule has 0 saturated carbocycles. The number of aryl methyl sites for hydroxylation is 2. The molecule has 182 valence electrons. The molecule has 0 spiro atoms. The van der Waals surface area contributed by atoms with Crippen LogP contribution in [0.5, 0.6) is 11.5 Å². The van der Waals surface area contributed by atoms with Crippen LogP contribution in [-0.4, -0.2) is 21.5 Å². The molecule has 36 heavy (non-hydrogen) atoms. The molecule has 7 heteroatoms. The van der Waals surface area contributed by atoms with Crippen LogP contribution < -0.4 is 14.5 Å². The SMILES string of the molecule is CCOc1cc(/C=C2/SC(=S)N(n3c(C)ccc3C)C2=O)ccc1OCc1cccc2ccccc12. The summed E-state index contributed by atoms with van der Waals surface area (Å²) in [6, 6.07) is 24.2. The second-order valence-corrected chi connectivity index (χ2v) is 10.2. The first-order valence-corrected chi connectivity index (χ1v) is 13.0. The van der Waals surface area contributed by atoms with Crippen LogP contribution in [0.25, 0.3) is 16.8 Å². The number of amides is 1. The van der Waals surface area contributed by atoms with E-state index in [0.29, 0.717) is 33.9 Å². The van der Waals surface area contributed by atoms with E-state index in [-0.39, 0.29) is 5.91 Å². The largest absolute Gasteiger partial charge is 0.490 e. The summed E-state index contributed by atoms with van der Waals surface area (Å²) in [7, 11) is 0. The molecule has 1 saturated heterocycles. The molecule has 5 rings (SSSR count). The monoisotopic (exact) mass is 514 g/mol. The summed E-state index contributed by atoms with van der Waals surface area (Å²) < 4.78 is 14.4. The number of fused-ring (bicyclic) bond motifs is 1. The number of rotatable bonds is 7. The number of carbonyl (C=O) groups is 1. The van der Waals surface area contributed by atoms with E-state index in [2.05, 4.69) is 24.3 Å². The highest BCUT2D eigenvalue weighted by atomic mass is 32.2. The topological polar surface area (TPSA) is 43.7 Å². The van der Waals surface area contributed by atoms with Gasteiger partial charge < -0.3 is 9.47 Å². The van der Waals surface area contributed by atoms with E-state index in [9.17, 15) is 4.79 Å². The highest BCUT2D eigenvalue weighted by Crippen LogP contribution is 2.35. The zero-order valence-electron chi connectivity index (χ0n) is 20.4. The van der Waals surface area contributed by atoms with Gasteiger partial charge in [-0.1, -0.05) is 60.3 Å². The zero-order chi connectivity index (χ0) is 25.2. The molecular formula is C29H26N2O3S2. The lowest BCUT2D eigenvalue weighted by Crippen LogP contribution is -2.39. The molecular weight excluding hydrogens is 488 g/mol. The van der Waals surface area contributed by atoms with Crippen LogP contribution in [0.2, 0.25) is 0 Å². The lowest BCUT2D eigenvalue weighted by atomic mass is 10.1.